The quantitative estimate of drug-likeness (QED) is 0.419. The lowest BCUT2D eigenvalue weighted by atomic mass is 10.2. The third-order valence-electron chi connectivity index (χ3n) is 4.04. The molecule has 1 heterocycles. The molecule has 0 aliphatic carbocycles. The zero-order valence-electron chi connectivity index (χ0n) is 15.2. The molecule has 3 aromatic carbocycles. The molecule has 0 aliphatic heterocycles. The minimum atomic E-state index is -0.615. The number of anilines is 2. The van der Waals surface area contributed by atoms with E-state index in [2.05, 4.69) is 20.6 Å². The van der Waals surface area contributed by atoms with E-state index in [1.165, 1.54) is 30.3 Å². The van der Waals surface area contributed by atoms with E-state index in [9.17, 15) is 13.6 Å². The first kappa shape index (κ1) is 19.5. The minimum absolute atomic E-state index is 0.0825. The Bertz CT molecular complexity index is 1250. The molecule has 0 saturated heterocycles. The van der Waals surface area contributed by atoms with Gasteiger partial charge in [-0.3, -0.25) is 9.97 Å². The normalized spacial score (nSPS) is 10.6. The van der Waals surface area contributed by atoms with E-state index in [-0.39, 0.29) is 16.5 Å². The van der Waals surface area contributed by atoms with Gasteiger partial charge in [0.15, 0.2) is 11.6 Å². The van der Waals surface area contributed by atoms with E-state index < -0.39 is 17.7 Å². The second kappa shape index (κ2) is 8.30. The van der Waals surface area contributed by atoms with Crippen LogP contribution < -0.4 is 15.4 Å². The molecule has 0 unspecified atom stereocenters. The molecule has 150 valence electrons. The van der Waals surface area contributed by atoms with Crippen molar-refractivity contribution in [2.75, 3.05) is 10.6 Å². The van der Waals surface area contributed by atoms with Gasteiger partial charge < -0.3 is 15.4 Å². The van der Waals surface area contributed by atoms with Gasteiger partial charge in [-0.1, -0.05) is 11.6 Å². The smallest absolute Gasteiger partial charge is 0.323 e. The maximum atomic E-state index is 14.2. The van der Waals surface area contributed by atoms with Crippen LogP contribution >= 0.6 is 11.6 Å². The van der Waals surface area contributed by atoms with Crippen LogP contribution in [0.3, 0.4) is 0 Å². The Kier molecular flexibility index (Phi) is 5.40. The Morgan fingerprint density at radius 2 is 1.50 bits per heavy atom. The second-order valence-electron chi connectivity index (χ2n) is 6.16. The maximum absolute atomic E-state index is 14.2. The highest BCUT2D eigenvalue weighted by atomic mass is 35.5. The number of hydrogen-bond acceptors (Lipinski definition) is 4. The molecule has 1 aromatic heterocycles. The van der Waals surface area contributed by atoms with Crippen LogP contribution in [0.4, 0.5) is 25.0 Å². The monoisotopic (exact) mass is 426 g/mol. The van der Waals surface area contributed by atoms with Crippen LogP contribution in [0, 0.1) is 11.6 Å². The topological polar surface area (TPSA) is 76.1 Å². The highest BCUT2D eigenvalue weighted by Crippen LogP contribution is 2.29. The molecule has 0 radical (unpaired) electrons. The summed E-state index contributed by atoms with van der Waals surface area (Å²) in [5.41, 5.74) is 1.87. The average Bonchev–Trinajstić information content (AvgIpc) is 2.73. The van der Waals surface area contributed by atoms with E-state index >= 15 is 0 Å². The first-order valence-electron chi connectivity index (χ1n) is 8.69. The molecule has 0 atom stereocenters. The van der Waals surface area contributed by atoms with Gasteiger partial charge in [0.25, 0.3) is 0 Å². The van der Waals surface area contributed by atoms with E-state index in [1.54, 1.807) is 30.6 Å². The predicted molar refractivity (Wildman–Crippen MR) is 110 cm³/mol. The summed E-state index contributed by atoms with van der Waals surface area (Å²) < 4.78 is 33.0. The summed E-state index contributed by atoms with van der Waals surface area (Å²) in [6, 6.07) is 12.0. The number of nitrogens with one attached hydrogen (secondary N) is 2. The molecule has 0 fully saturated rings. The molecule has 30 heavy (non-hydrogen) atoms. The molecule has 2 amide bonds. The highest BCUT2D eigenvalue weighted by molar-refractivity contribution is 6.31. The van der Waals surface area contributed by atoms with Crippen molar-refractivity contribution < 1.29 is 18.3 Å². The van der Waals surface area contributed by atoms with Crippen LogP contribution in [0.1, 0.15) is 0 Å². The van der Waals surface area contributed by atoms with Gasteiger partial charge in [-0.15, -0.1) is 0 Å². The molecule has 0 saturated carbocycles. The van der Waals surface area contributed by atoms with Gasteiger partial charge >= 0.3 is 6.03 Å². The van der Waals surface area contributed by atoms with Crippen molar-refractivity contribution in [1.29, 1.82) is 0 Å². The molecule has 4 rings (SSSR count). The fraction of sp³-hybridized carbons (Fsp3) is 0. The van der Waals surface area contributed by atoms with Crippen molar-refractivity contribution in [3.8, 4) is 11.5 Å². The summed E-state index contributed by atoms with van der Waals surface area (Å²) in [7, 11) is 0. The summed E-state index contributed by atoms with van der Waals surface area (Å²) >= 11 is 5.70. The van der Waals surface area contributed by atoms with Gasteiger partial charge in [-0.05, 0) is 42.5 Å². The number of aromatic nitrogens is 2. The molecule has 0 aliphatic rings. The number of halogens is 3. The van der Waals surface area contributed by atoms with Crippen molar-refractivity contribution in [2.45, 2.75) is 0 Å². The summed E-state index contributed by atoms with van der Waals surface area (Å²) in [5.74, 6) is -0.918. The molecule has 0 spiro atoms. The lowest BCUT2D eigenvalue weighted by Crippen LogP contribution is -2.19. The van der Waals surface area contributed by atoms with Crippen LogP contribution in [0.5, 0.6) is 11.5 Å². The predicted octanol–water partition coefficient (Wildman–Crippen LogP) is 6.00. The standard InChI is InChI=1S/C21H13ClF2N4O2/c22-15-9-12(1-4-16(15)23)27-21(29)28-13-2-5-17(24)20(10-13)30-14-3-6-18-19(11-14)26-8-7-25-18/h1-11H,(H2,27,28,29). The molecular weight excluding hydrogens is 414 g/mol. The van der Waals surface area contributed by atoms with Gasteiger partial charge in [0.1, 0.15) is 11.6 Å². The average molecular weight is 427 g/mol. The molecule has 4 aromatic rings. The minimum Gasteiger partial charge on any atom is -0.454 e. The van der Waals surface area contributed by atoms with Crippen molar-refractivity contribution in [3.63, 3.8) is 0 Å². The summed E-state index contributed by atoms with van der Waals surface area (Å²) in [5, 5.41) is 4.94. The van der Waals surface area contributed by atoms with Crippen molar-refractivity contribution in [2.24, 2.45) is 0 Å². The van der Waals surface area contributed by atoms with Gasteiger partial charge in [0.2, 0.25) is 0 Å². The van der Waals surface area contributed by atoms with Crippen LogP contribution in [-0.2, 0) is 0 Å². The number of amides is 2. The number of rotatable bonds is 4. The molecular formula is C21H13ClF2N4O2. The zero-order valence-corrected chi connectivity index (χ0v) is 16.0. The van der Waals surface area contributed by atoms with E-state index in [0.717, 1.165) is 6.07 Å². The van der Waals surface area contributed by atoms with Gasteiger partial charge in [-0.25, -0.2) is 13.6 Å². The molecule has 0 bridgehead atoms. The Morgan fingerprint density at radius 3 is 2.23 bits per heavy atom. The first-order chi connectivity index (χ1) is 14.5. The number of benzene rings is 3. The van der Waals surface area contributed by atoms with E-state index in [4.69, 9.17) is 16.3 Å². The Labute approximate surface area is 174 Å². The highest BCUT2D eigenvalue weighted by Gasteiger charge is 2.10. The third kappa shape index (κ3) is 4.44. The van der Waals surface area contributed by atoms with Crippen molar-refractivity contribution in [1.82, 2.24) is 9.97 Å². The van der Waals surface area contributed by atoms with Crippen LogP contribution in [-0.4, -0.2) is 16.0 Å². The Balaban J connectivity index is 1.49. The van der Waals surface area contributed by atoms with E-state index in [1.807, 2.05) is 0 Å². The summed E-state index contributed by atoms with van der Waals surface area (Å²) in [4.78, 5) is 20.5. The number of carbonyl (C=O) groups is 1. The number of carbonyl (C=O) groups excluding carboxylic acids is 1. The molecule has 2 N–H and O–H groups in total. The molecule has 9 heteroatoms. The van der Waals surface area contributed by atoms with Crippen molar-refractivity contribution in [3.05, 3.63) is 83.6 Å². The second-order valence-corrected chi connectivity index (χ2v) is 6.57. The van der Waals surface area contributed by atoms with Crippen molar-refractivity contribution >= 4 is 40.0 Å². The summed E-state index contributed by atoms with van der Waals surface area (Å²) in [6.07, 6.45) is 3.12. The lowest BCUT2D eigenvalue weighted by Gasteiger charge is -2.11. The molecule has 6 nitrogen and oxygen atoms in total. The largest absolute Gasteiger partial charge is 0.454 e. The SMILES string of the molecule is O=C(Nc1ccc(F)c(Cl)c1)Nc1ccc(F)c(Oc2ccc3nccnc3c2)c1. The Hall–Kier alpha value is -3.78. The number of fused-ring (bicyclic) bond motifs is 1. The summed E-state index contributed by atoms with van der Waals surface area (Å²) in [6.45, 7) is 0. The van der Waals surface area contributed by atoms with Crippen LogP contribution in [0.2, 0.25) is 5.02 Å². The lowest BCUT2D eigenvalue weighted by molar-refractivity contribution is 0.262. The maximum Gasteiger partial charge on any atom is 0.323 e. The number of ether oxygens (including phenoxy) is 1. The fourth-order valence-corrected chi connectivity index (χ4v) is 2.84. The first-order valence-corrected chi connectivity index (χ1v) is 9.07. The fourth-order valence-electron chi connectivity index (χ4n) is 2.66. The number of hydrogen-bond donors (Lipinski definition) is 2. The van der Waals surface area contributed by atoms with Gasteiger partial charge in [0.05, 0.1) is 16.1 Å². The van der Waals surface area contributed by atoms with Crippen LogP contribution in [0.25, 0.3) is 11.0 Å². The van der Waals surface area contributed by atoms with Crippen LogP contribution in [0.15, 0.2) is 67.0 Å². The Morgan fingerprint density at radius 1 is 0.833 bits per heavy atom. The zero-order chi connectivity index (χ0) is 21.1. The van der Waals surface area contributed by atoms with E-state index in [0.29, 0.717) is 22.5 Å². The third-order valence-corrected chi connectivity index (χ3v) is 4.32. The number of nitrogens with zero attached hydrogens (tertiary/aromatic N) is 2. The van der Waals surface area contributed by atoms with Gasteiger partial charge in [0, 0.05) is 35.9 Å². The van der Waals surface area contributed by atoms with Gasteiger partial charge in [-0.2, -0.15) is 0 Å². The number of urea groups is 1.